The Kier molecular flexibility index (Phi) is 3.57. The lowest BCUT2D eigenvalue weighted by molar-refractivity contribution is 0.629. The third-order valence-electron chi connectivity index (χ3n) is 1.79. The van der Waals surface area contributed by atoms with Gasteiger partial charge in [-0.05, 0) is 31.2 Å². The van der Waals surface area contributed by atoms with Crippen LogP contribution >= 0.6 is 0 Å². The van der Waals surface area contributed by atoms with Crippen LogP contribution in [0.15, 0.2) is 30.3 Å². The van der Waals surface area contributed by atoms with Gasteiger partial charge in [0, 0.05) is 11.1 Å². The molecule has 1 heterocycles. The Balaban J connectivity index is 0.000000461. The molecule has 0 amide bonds. The molecule has 0 aliphatic carbocycles. The standard InChI is InChI=1S/C10H8FN.C2H6/c1-7-2-3-8-6-9(11)4-5-10(8)12-7;1-2/h2-6H,1H3;1-2H3. The lowest BCUT2D eigenvalue weighted by Gasteiger charge is -1.97. The van der Waals surface area contributed by atoms with Gasteiger partial charge < -0.3 is 0 Å². The Morgan fingerprint density at radius 2 is 1.79 bits per heavy atom. The maximum Gasteiger partial charge on any atom is 0.123 e. The van der Waals surface area contributed by atoms with Gasteiger partial charge in [0.15, 0.2) is 0 Å². The van der Waals surface area contributed by atoms with Gasteiger partial charge in [-0.1, -0.05) is 19.9 Å². The molecule has 0 saturated carbocycles. The third-order valence-corrected chi connectivity index (χ3v) is 1.79. The summed E-state index contributed by atoms with van der Waals surface area (Å²) in [5.41, 5.74) is 1.80. The Morgan fingerprint density at radius 3 is 2.50 bits per heavy atom. The topological polar surface area (TPSA) is 12.9 Å². The molecule has 0 aliphatic heterocycles. The number of halogens is 1. The van der Waals surface area contributed by atoms with Crippen molar-refractivity contribution >= 4 is 10.9 Å². The van der Waals surface area contributed by atoms with Crippen LogP contribution in [-0.2, 0) is 0 Å². The van der Waals surface area contributed by atoms with Crippen molar-refractivity contribution in [3.8, 4) is 0 Å². The van der Waals surface area contributed by atoms with E-state index in [2.05, 4.69) is 4.98 Å². The van der Waals surface area contributed by atoms with Gasteiger partial charge in [0.25, 0.3) is 0 Å². The summed E-state index contributed by atoms with van der Waals surface area (Å²) in [5, 5.41) is 0.848. The van der Waals surface area contributed by atoms with Crippen molar-refractivity contribution in [2.75, 3.05) is 0 Å². The average Bonchev–Trinajstić information content (AvgIpc) is 2.21. The predicted octanol–water partition coefficient (Wildman–Crippen LogP) is 3.71. The average molecular weight is 191 g/mol. The summed E-state index contributed by atoms with van der Waals surface area (Å²) in [6.45, 7) is 5.92. The van der Waals surface area contributed by atoms with E-state index in [4.69, 9.17) is 0 Å². The van der Waals surface area contributed by atoms with Crippen LogP contribution in [0.25, 0.3) is 10.9 Å². The molecule has 0 N–H and O–H groups in total. The first kappa shape index (κ1) is 10.6. The molecule has 1 aromatic carbocycles. The fourth-order valence-electron chi connectivity index (χ4n) is 1.20. The molecule has 0 radical (unpaired) electrons. The maximum atomic E-state index is 12.7. The number of hydrogen-bond acceptors (Lipinski definition) is 1. The largest absolute Gasteiger partial charge is 0.253 e. The lowest BCUT2D eigenvalue weighted by Crippen LogP contribution is -1.83. The van der Waals surface area contributed by atoms with Gasteiger partial charge in [-0.15, -0.1) is 0 Å². The van der Waals surface area contributed by atoms with Crippen molar-refractivity contribution in [2.45, 2.75) is 20.8 Å². The SMILES string of the molecule is CC.Cc1ccc2cc(F)ccc2n1. The van der Waals surface area contributed by atoms with Crippen LogP contribution < -0.4 is 0 Å². The predicted molar refractivity (Wildman–Crippen MR) is 57.8 cm³/mol. The zero-order chi connectivity index (χ0) is 10.6. The summed E-state index contributed by atoms with van der Waals surface area (Å²) < 4.78 is 12.7. The fourth-order valence-corrected chi connectivity index (χ4v) is 1.20. The van der Waals surface area contributed by atoms with Gasteiger partial charge in [-0.3, -0.25) is 4.98 Å². The monoisotopic (exact) mass is 191 g/mol. The van der Waals surface area contributed by atoms with Crippen molar-refractivity contribution in [3.63, 3.8) is 0 Å². The maximum absolute atomic E-state index is 12.7. The van der Waals surface area contributed by atoms with Crippen molar-refractivity contribution in [1.29, 1.82) is 0 Å². The first-order valence-corrected chi connectivity index (χ1v) is 4.78. The minimum Gasteiger partial charge on any atom is -0.253 e. The Bertz CT molecular complexity index is 382. The Hall–Kier alpha value is -1.44. The van der Waals surface area contributed by atoms with Gasteiger partial charge in [0.05, 0.1) is 5.52 Å². The molecular formula is C12H14FN. The number of pyridine rings is 1. The number of hydrogen-bond donors (Lipinski definition) is 0. The Labute approximate surface area is 83.6 Å². The number of nitrogens with zero attached hydrogens (tertiary/aromatic N) is 1. The van der Waals surface area contributed by atoms with E-state index in [-0.39, 0.29) is 5.82 Å². The fraction of sp³-hybridized carbons (Fsp3) is 0.250. The first-order valence-electron chi connectivity index (χ1n) is 4.78. The van der Waals surface area contributed by atoms with Gasteiger partial charge in [0.2, 0.25) is 0 Å². The van der Waals surface area contributed by atoms with Crippen LogP contribution in [0.5, 0.6) is 0 Å². The smallest absolute Gasteiger partial charge is 0.123 e. The van der Waals surface area contributed by atoms with E-state index in [0.29, 0.717) is 0 Å². The zero-order valence-corrected chi connectivity index (χ0v) is 8.71. The zero-order valence-electron chi connectivity index (χ0n) is 8.71. The second-order valence-corrected chi connectivity index (χ2v) is 2.79. The molecule has 0 fully saturated rings. The second-order valence-electron chi connectivity index (χ2n) is 2.79. The van der Waals surface area contributed by atoms with E-state index in [9.17, 15) is 4.39 Å². The van der Waals surface area contributed by atoms with Gasteiger partial charge >= 0.3 is 0 Å². The van der Waals surface area contributed by atoms with Crippen molar-refractivity contribution in [2.24, 2.45) is 0 Å². The number of fused-ring (bicyclic) bond motifs is 1. The van der Waals surface area contributed by atoms with Gasteiger partial charge in [0.1, 0.15) is 5.82 Å². The molecule has 2 heteroatoms. The van der Waals surface area contributed by atoms with Crippen LogP contribution in [0, 0.1) is 12.7 Å². The van der Waals surface area contributed by atoms with Crippen molar-refractivity contribution < 1.29 is 4.39 Å². The molecule has 1 nitrogen and oxygen atoms in total. The lowest BCUT2D eigenvalue weighted by atomic mass is 10.2. The summed E-state index contributed by atoms with van der Waals surface area (Å²) in [4.78, 5) is 4.25. The summed E-state index contributed by atoms with van der Waals surface area (Å²) in [6.07, 6.45) is 0. The normalized spacial score (nSPS) is 9.43. The molecule has 2 aromatic rings. The first-order chi connectivity index (χ1) is 6.75. The van der Waals surface area contributed by atoms with Crippen molar-refractivity contribution in [3.05, 3.63) is 41.8 Å². The minimum absolute atomic E-state index is 0.215. The molecule has 0 atom stereocenters. The highest BCUT2D eigenvalue weighted by Gasteiger charge is 1.95. The number of benzene rings is 1. The van der Waals surface area contributed by atoms with E-state index in [1.165, 1.54) is 12.1 Å². The van der Waals surface area contributed by atoms with Crippen molar-refractivity contribution in [1.82, 2.24) is 4.98 Å². The Morgan fingerprint density at radius 1 is 1.07 bits per heavy atom. The molecular weight excluding hydrogens is 177 g/mol. The summed E-state index contributed by atoms with van der Waals surface area (Å²) in [6, 6.07) is 8.36. The molecule has 0 aliphatic rings. The van der Waals surface area contributed by atoms with E-state index in [1.54, 1.807) is 6.07 Å². The van der Waals surface area contributed by atoms with E-state index in [0.717, 1.165) is 16.6 Å². The van der Waals surface area contributed by atoms with Gasteiger partial charge in [-0.25, -0.2) is 4.39 Å². The van der Waals surface area contributed by atoms with E-state index >= 15 is 0 Å². The molecule has 74 valence electrons. The summed E-state index contributed by atoms with van der Waals surface area (Å²) in [7, 11) is 0. The van der Waals surface area contributed by atoms with E-state index in [1.807, 2.05) is 32.9 Å². The highest BCUT2D eigenvalue weighted by atomic mass is 19.1. The molecule has 14 heavy (non-hydrogen) atoms. The molecule has 0 bridgehead atoms. The molecule has 0 unspecified atom stereocenters. The second kappa shape index (κ2) is 4.70. The van der Waals surface area contributed by atoms with Crippen LogP contribution in [0.1, 0.15) is 19.5 Å². The molecule has 0 saturated heterocycles. The summed E-state index contributed by atoms with van der Waals surface area (Å²) in [5.74, 6) is -0.215. The number of aromatic nitrogens is 1. The molecule has 1 aromatic heterocycles. The van der Waals surface area contributed by atoms with Crippen LogP contribution in [0.4, 0.5) is 4.39 Å². The summed E-state index contributed by atoms with van der Waals surface area (Å²) >= 11 is 0. The van der Waals surface area contributed by atoms with Crippen LogP contribution in [0.2, 0.25) is 0 Å². The van der Waals surface area contributed by atoms with E-state index < -0.39 is 0 Å². The quantitative estimate of drug-likeness (QED) is 0.618. The molecule has 0 spiro atoms. The molecule has 2 rings (SSSR count). The highest BCUT2D eigenvalue weighted by molar-refractivity contribution is 5.78. The highest BCUT2D eigenvalue weighted by Crippen LogP contribution is 2.13. The van der Waals surface area contributed by atoms with Crippen LogP contribution in [-0.4, -0.2) is 4.98 Å². The van der Waals surface area contributed by atoms with Crippen LogP contribution in [0.3, 0.4) is 0 Å². The number of rotatable bonds is 0. The van der Waals surface area contributed by atoms with Gasteiger partial charge in [-0.2, -0.15) is 0 Å². The number of aryl methyl sites for hydroxylation is 1. The minimum atomic E-state index is -0.215. The third kappa shape index (κ3) is 2.28.